The normalized spacial score (nSPS) is 10.1. The van der Waals surface area contributed by atoms with E-state index < -0.39 is 18.5 Å². The maximum Gasteiger partial charge on any atom is 0.316 e. The summed E-state index contributed by atoms with van der Waals surface area (Å²) in [5, 5.41) is 5.41. The molecule has 0 aliphatic rings. The summed E-state index contributed by atoms with van der Waals surface area (Å²) in [6, 6.07) is 14.5. The maximum absolute atomic E-state index is 12.0. The van der Waals surface area contributed by atoms with Crippen molar-refractivity contribution in [1.82, 2.24) is 0 Å². The Morgan fingerprint density at radius 1 is 0.966 bits per heavy atom. The molecular weight excluding hydrogens is 392 g/mol. The number of amides is 2. The summed E-state index contributed by atoms with van der Waals surface area (Å²) in [6.07, 6.45) is 0. The number of hydrogen-bond acceptors (Lipinski definition) is 6. The summed E-state index contributed by atoms with van der Waals surface area (Å²) in [7, 11) is 0. The van der Waals surface area contributed by atoms with Gasteiger partial charge >= 0.3 is 5.97 Å². The van der Waals surface area contributed by atoms with E-state index in [1.165, 1.54) is 0 Å². The van der Waals surface area contributed by atoms with Crippen molar-refractivity contribution in [2.75, 3.05) is 35.4 Å². The molecule has 0 atom stereocenters. The van der Waals surface area contributed by atoms with Gasteiger partial charge < -0.3 is 20.1 Å². The van der Waals surface area contributed by atoms with Crippen LogP contribution in [0.25, 0.3) is 0 Å². The quantitative estimate of drug-likeness (QED) is 0.578. The lowest BCUT2D eigenvalue weighted by Gasteiger charge is -2.11. The molecule has 2 N–H and O–H groups in total. The van der Waals surface area contributed by atoms with E-state index >= 15 is 0 Å². The lowest BCUT2D eigenvalue weighted by atomic mass is 10.2. The molecule has 154 valence electrons. The zero-order chi connectivity index (χ0) is 21.1. The van der Waals surface area contributed by atoms with Gasteiger partial charge in [0.25, 0.3) is 5.91 Å². The maximum atomic E-state index is 12.0. The third-order valence-electron chi connectivity index (χ3n) is 3.58. The Kier molecular flexibility index (Phi) is 9.04. The van der Waals surface area contributed by atoms with Gasteiger partial charge in [0.2, 0.25) is 5.91 Å². The van der Waals surface area contributed by atoms with Crippen molar-refractivity contribution in [3.05, 3.63) is 54.1 Å². The summed E-state index contributed by atoms with van der Waals surface area (Å²) < 4.78 is 10.4. The number of rotatable bonds is 10. The summed E-state index contributed by atoms with van der Waals surface area (Å²) in [5.41, 5.74) is 2.26. The Hall–Kier alpha value is -3.00. The number of para-hydroxylation sites is 2. The summed E-state index contributed by atoms with van der Waals surface area (Å²) in [4.78, 5) is 35.6. The van der Waals surface area contributed by atoms with Gasteiger partial charge in [0.05, 0.1) is 23.8 Å². The van der Waals surface area contributed by atoms with E-state index in [0.717, 1.165) is 17.3 Å². The molecule has 8 heteroatoms. The van der Waals surface area contributed by atoms with Crippen molar-refractivity contribution >= 4 is 40.9 Å². The Labute approximate surface area is 174 Å². The van der Waals surface area contributed by atoms with E-state index in [4.69, 9.17) is 9.47 Å². The molecule has 2 amide bonds. The number of nitrogens with one attached hydrogen (secondary N) is 2. The summed E-state index contributed by atoms with van der Waals surface area (Å²) in [5.74, 6) is -0.607. The van der Waals surface area contributed by atoms with Gasteiger partial charge in [-0.05, 0) is 43.7 Å². The van der Waals surface area contributed by atoms with Crippen molar-refractivity contribution in [2.45, 2.75) is 13.8 Å². The molecule has 2 aromatic carbocycles. The molecule has 2 aromatic rings. The Morgan fingerprint density at radius 2 is 1.76 bits per heavy atom. The number of ether oxygens (including phenoxy) is 2. The fourth-order valence-corrected chi connectivity index (χ4v) is 2.98. The lowest BCUT2D eigenvalue weighted by Crippen LogP contribution is -2.22. The van der Waals surface area contributed by atoms with Crippen LogP contribution >= 0.6 is 11.8 Å². The van der Waals surface area contributed by atoms with E-state index in [2.05, 4.69) is 10.6 Å². The molecular formula is C21H24N2O5S. The Bertz CT molecular complexity index is 856. The average Bonchev–Trinajstić information content (AvgIpc) is 2.68. The number of carbonyl (C=O) groups is 3. The zero-order valence-corrected chi connectivity index (χ0v) is 17.2. The third-order valence-corrected chi connectivity index (χ3v) is 4.49. The number of anilines is 2. The first-order chi connectivity index (χ1) is 14.0. The van der Waals surface area contributed by atoms with Gasteiger partial charge in [0, 0.05) is 5.69 Å². The predicted molar refractivity (Wildman–Crippen MR) is 114 cm³/mol. The van der Waals surface area contributed by atoms with E-state index in [1.54, 1.807) is 30.3 Å². The summed E-state index contributed by atoms with van der Waals surface area (Å²) >= 11 is 1.12. The molecule has 0 aromatic heterocycles. The standard InChI is InChI=1S/C21H24N2O5S/c1-3-27-18-10-5-4-9-17(18)23-19(24)12-28-21(26)14-29-13-20(25)22-16-8-6-7-15(2)11-16/h4-11H,3,12-14H2,1-2H3,(H,22,25)(H,23,24). The van der Waals surface area contributed by atoms with Gasteiger partial charge in [-0.25, -0.2) is 0 Å². The SMILES string of the molecule is CCOc1ccccc1NC(=O)COC(=O)CSCC(=O)Nc1cccc(C)c1. The molecule has 0 bridgehead atoms. The highest BCUT2D eigenvalue weighted by molar-refractivity contribution is 8.00. The smallest absolute Gasteiger partial charge is 0.316 e. The Morgan fingerprint density at radius 3 is 2.52 bits per heavy atom. The Balaban J connectivity index is 1.66. The second-order valence-electron chi connectivity index (χ2n) is 6.05. The van der Waals surface area contributed by atoms with Crippen molar-refractivity contribution in [1.29, 1.82) is 0 Å². The van der Waals surface area contributed by atoms with Gasteiger partial charge in [-0.3, -0.25) is 14.4 Å². The van der Waals surface area contributed by atoms with Crippen LogP contribution in [0, 0.1) is 6.92 Å². The van der Waals surface area contributed by atoms with Gasteiger partial charge in [0.1, 0.15) is 5.75 Å². The first kappa shape index (κ1) is 22.3. The second kappa shape index (κ2) is 11.8. The molecule has 29 heavy (non-hydrogen) atoms. The topological polar surface area (TPSA) is 93.7 Å². The number of thioether (sulfide) groups is 1. The van der Waals surface area contributed by atoms with Crippen LogP contribution in [0.2, 0.25) is 0 Å². The number of hydrogen-bond donors (Lipinski definition) is 2. The van der Waals surface area contributed by atoms with Crippen LogP contribution in [0.4, 0.5) is 11.4 Å². The molecule has 0 aliphatic carbocycles. The largest absolute Gasteiger partial charge is 0.492 e. The molecule has 0 radical (unpaired) electrons. The fourth-order valence-electron chi connectivity index (χ4n) is 2.37. The minimum Gasteiger partial charge on any atom is -0.492 e. The van der Waals surface area contributed by atoms with Crippen molar-refractivity contribution < 1.29 is 23.9 Å². The average molecular weight is 416 g/mol. The van der Waals surface area contributed by atoms with Crippen LogP contribution in [0.15, 0.2) is 48.5 Å². The minimum atomic E-state index is -0.563. The van der Waals surface area contributed by atoms with Gasteiger partial charge in [-0.15, -0.1) is 11.8 Å². The zero-order valence-electron chi connectivity index (χ0n) is 16.4. The van der Waals surface area contributed by atoms with Crippen LogP contribution in [-0.2, 0) is 19.1 Å². The monoisotopic (exact) mass is 416 g/mol. The summed E-state index contributed by atoms with van der Waals surface area (Å²) in [6.45, 7) is 3.84. The minimum absolute atomic E-state index is 0.0238. The first-order valence-electron chi connectivity index (χ1n) is 9.09. The third kappa shape index (κ3) is 8.27. The van der Waals surface area contributed by atoms with Crippen molar-refractivity contribution in [3.8, 4) is 5.75 Å². The van der Waals surface area contributed by atoms with E-state index in [-0.39, 0.29) is 17.4 Å². The predicted octanol–water partition coefficient (Wildman–Crippen LogP) is 3.25. The molecule has 0 saturated carbocycles. The first-order valence-corrected chi connectivity index (χ1v) is 10.2. The fraction of sp³-hybridized carbons (Fsp3) is 0.286. The van der Waals surface area contributed by atoms with Gasteiger partial charge in [-0.1, -0.05) is 24.3 Å². The molecule has 2 rings (SSSR count). The van der Waals surface area contributed by atoms with Crippen LogP contribution in [0.5, 0.6) is 5.75 Å². The van der Waals surface area contributed by atoms with Crippen molar-refractivity contribution in [3.63, 3.8) is 0 Å². The molecule has 7 nitrogen and oxygen atoms in total. The van der Waals surface area contributed by atoms with Crippen LogP contribution in [0.1, 0.15) is 12.5 Å². The molecule has 0 aliphatic heterocycles. The molecule has 0 saturated heterocycles. The number of aryl methyl sites for hydroxylation is 1. The number of benzene rings is 2. The highest BCUT2D eigenvalue weighted by Crippen LogP contribution is 2.23. The number of esters is 1. The van der Waals surface area contributed by atoms with Crippen molar-refractivity contribution in [2.24, 2.45) is 0 Å². The number of carbonyl (C=O) groups excluding carboxylic acids is 3. The molecule has 0 unspecified atom stereocenters. The lowest BCUT2D eigenvalue weighted by molar-refractivity contribution is -0.144. The van der Waals surface area contributed by atoms with Crippen LogP contribution < -0.4 is 15.4 Å². The second-order valence-corrected chi connectivity index (χ2v) is 7.03. The molecule has 0 heterocycles. The van der Waals surface area contributed by atoms with Gasteiger partial charge in [0.15, 0.2) is 6.61 Å². The van der Waals surface area contributed by atoms with Crippen LogP contribution in [-0.4, -0.2) is 42.5 Å². The van der Waals surface area contributed by atoms with Gasteiger partial charge in [-0.2, -0.15) is 0 Å². The highest BCUT2D eigenvalue weighted by Gasteiger charge is 2.11. The molecule has 0 fully saturated rings. The highest BCUT2D eigenvalue weighted by atomic mass is 32.2. The van der Waals surface area contributed by atoms with Crippen LogP contribution in [0.3, 0.4) is 0 Å². The molecule has 0 spiro atoms. The van der Waals surface area contributed by atoms with E-state index in [1.807, 2.05) is 32.0 Å². The van der Waals surface area contributed by atoms with E-state index in [0.29, 0.717) is 23.7 Å². The van der Waals surface area contributed by atoms with E-state index in [9.17, 15) is 14.4 Å².